The minimum absolute atomic E-state index is 0.110. The smallest absolute Gasteiger partial charge is 0.292 e. The summed E-state index contributed by atoms with van der Waals surface area (Å²) in [7, 11) is 3.62. The quantitative estimate of drug-likeness (QED) is 0.812. The average molecular weight is 309 g/mol. The van der Waals surface area contributed by atoms with Crippen molar-refractivity contribution < 1.29 is 18.8 Å². The van der Waals surface area contributed by atoms with Crippen LogP contribution in [0.5, 0.6) is 5.88 Å². The van der Waals surface area contributed by atoms with E-state index in [1.165, 1.54) is 13.2 Å². The summed E-state index contributed by atoms with van der Waals surface area (Å²) in [6.45, 7) is 4.07. The lowest BCUT2D eigenvalue weighted by molar-refractivity contribution is -0.110. The first-order valence-electron chi connectivity index (χ1n) is 7.74. The van der Waals surface area contributed by atoms with Gasteiger partial charge in [0.2, 0.25) is 5.76 Å². The van der Waals surface area contributed by atoms with Gasteiger partial charge in [-0.05, 0) is 31.5 Å². The lowest BCUT2D eigenvalue weighted by atomic mass is 9.93. The Morgan fingerprint density at radius 2 is 2.23 bits per heavy atom. The van der Waals surface area contributed by atoms with Crippen LogP contribution in [0.3, 0.4) is 0 Å². The monoisotopic (exact) mass is 309 g/mol. The molecule has 1 spiro atoms. The summed E-state index contributed by atoms with van der Waals surface area (Å²) in [5.74, 6) is 0.429. The minimum Gasteiger partial charge on any atom is -0.479 e. The first-order chi connectivity index (χ1) is 10.6. The number of hydrogen-bond donors (Lipinski definition) is 0. The fraction of sp³-hybridized carbons (Fsp3) is 0.733. The van der Waals surface area contributed by atoms with Crippen LogP contribution >= 0.6 is 0 Å². The summed E-state index contributed by atoms with van der Waals surface area (Å²) in [6.07, 6.45) is 2.78. The number of methoxy groups -OCH3 is 1. The highest BCUT2D eigenvalue weighted by Gasteiger charge is 2.38. The third-order valence-electron chi connectivity index (χ3n) is 4.53. The molecule has 0 radical (unpaired) electrons. The summed E-state index contributed by atoms with van der Waals surface area (Å²) in [4.78, 5) is 16.6. The summed E-state index contributed by atoms with van der Waals surface area (Å²) in [6, 6.07) is 1.54. The maximum absolute atomic E-state index is 12.5. The Balaban J connectivity index is 1.65. The van der Waals surface area contributed by atoms with Crippen molar-refractivity contribution in [3.05, 3.63) is 11.8 Å². The number of carbonyl (C=O) groups excluding carboxylic acids is 1. The molecule has 1 atom stereocenters. The number of aromatic nitrogens is 1. The maximum Gasteiger partial charge on any atom is 0.292 e. The second-order valence-corrected chi connectivity index (χ2v) is 6.15. The lowest BCUT2D eigenvalue weighted by Gasteiger charge is -2.41. The number of morpholine rings is 1. The minimum atomic E-state index is -0.128. The number of rotatable bonds is 2. The van der Waals surface area contributed by atoms with Gasteiger partial charge in [-0.3, -0.25) is 4.79 Å². The van der Waals surface area contributed by atoms with E-state index in [1.54, 1.807) is 0 Å². The van der Waals surface area contributed by atoms with Gasteiger partial charge >= 0.3 is 0 Å². The largest absolute Gasteiger partial charge is 0.479 e. The van der Waals surface area contributed by atoms with E-state index >= 15 is 0 Å². The second-order valence-electron chi connectivity index (χ2n) is 6.15. The van der Waals surface area contributed by atoms with Crippen molar-refractivity contribution in [2.75, 3.05) is 46.9 Å². The topological polar surface area (TPSA) is 68.0 Å². The highest BCUT2D eigenvalue weighted by molar-refractivity contribution is 5.91. The van der Waals surface area contributed by atoms with Crippen LogP contribution in [0.1, 0.15) is 29.8 Å². The number of likely N-dealkylation sites (tertiary alicyclic amines) is 1. The molecular weight excluding hydrogens is 286 g/mol. The van der Waals surface area contributed by atoms with Crippen molar-refractivity contribution in [2.24, 2.45) is 0 Å². The zero-order valence-corrected chi connectivity index (χ0v) is 13.2. The van der Waals surface area contributed by atoms with Gasteiger partial charge in [0.05, 0.1) is 25.4 Å². The summed E-state index contributed by atoms with van der Waals surface area (Å²) >= 11 is 0. The Morgan fingerprint density at radius 3 is 2.95 bits per heavy atom. The molecule has 2 fully saturated rings. The molecule has 1 aromatic heterocycles. The summed E-state index contributed by atoms with van der Waals surface area (Å²) in [5.41, 5.74) is -0.110. The normalized spacial score (nSPS) is 26.9. The number of hydrogen-bond acceptors (Lipinski definition) is 6. The molecule has 2 aliphatic heterocycles. The van der Waals surface area contributed by atoms with E-state index in [0.717, 1.165) is 45.5 Å². The number of carbonyl (C=O) groups is 1. The van der Waals surface area contributed by atoms with E-state index in [2.05, 4.69) is 17.1 Å². The molecule has 1 amide bonds. The van der Waals surface area contributed by atoms with E-state index in [4.69, 9.17) is 14.0 Å². The summed E-state index contributed by atoms with van der Waals surface area (Å²) < 4.78 is 16.1. The molecule has 1 unspecified atom stereocenters. The van der Waals surface area contributed by atoms with Crippen molar-refractivity contribution in [3.8, 4) is 5.88 Å². The van der Waals surface area contributed by atoms with Gasteiger partial charge in [0.15, 0.2) is 0 Å². The van der Waals surface area contributed by atoms with Gasteiger partial charge in [-0.2, -0.15) is 0 Å². The number of nitrogens with zero attached hydrogens (tertiary/aromatic N) is 3. The molecule has 1 aromatic rings. The molecule has 0 bridgehead atoms. The van der Waals surface area contributed by atoms with Crippen LogP contribution in [-0.2, 0) is 4.74 Å². The Bertz CT molecular complexity index is 533. The zero-order chi connectivity index (χ0) is 15.6. The fourth-order valence-corrected chi connectivity index (χ4v) is 3.32. The Hall–Kier alpha value is -1.60. The molecule has 22 heavy (non-hydrogen) atoms. The fourth-order valence-electron chi connectivity index (χ4n) is 3.32. The van der Waals surface area contributed by atoms with E-state index in [0.29, 0.717) is 12.4 Å². The zero-order valence-electron chi connectivity index (χ0n) is 13.2. The molecule has 0 N–H and O–H groups in total. The predicted octanol–water partition coefficient (Wildman–Crippen LogP) is 1.01. The van der Waals surface area contributed by atoms with Crippen molar-refractivity contribution in [2.45, 2.75) is 24.9 Å². The third-order valence-corrected chi connectivity index (χ3v) is 4.53. The van der Waals surface area contributed by atoms with E-state index in [9.17, 15) is 4.79 Å². The van der Waals surface area contributed by atoms with Crippen molar-refractivity contribution in [1.29, 1.82) is 0 Å². The van der Waals surface area contributed by atoms with Crippen LogP contribution in [0, 0.1) is 0 Å². The van der Waals surface area contributed by atoms with Gasteiger partial charge in [-0.15, -0.1) is 0 Å². The molecule has 0 saturated carbocycles. The molecule has 2 saturated heterocycles. The molecule has 3 heterocycles. The van der Waals surface area contributed by atoms with Crippen LogP contribution in [0.2, 0.25) is 0 Å². The lowest BCUT2D eigenvalue weighted by Crippen LogP contribution is -2.50. The van der Waals surface area contributed by atoms with Gasteiger partial charge in [-0.25, -0.2) is 0 Å². The average Bonchev–Trinajstić information content (AvgIpc) is 2.91. The molecule has 7 nitrogen and oxygen atoms in total. The highest BCUT2D eigenvalue weighted by atomic mass is 16.5. The molecule has 2 aliphatic rings. The van der Waals surface area contributed by atoms with E-state index < -0.39 is 0 Å². The number of likely N-dealkylation sites (N-methyl/N-ethyl adjacent to an activating group) is 1. The van der Waals surface area contributed by atoms with Crippen LogP contribution < -0.4 is 4.74 Å². The van der Waals surface area contributed by atoms with Gasteiger partial charge in [0.25, 0.3) is 11.8 Å². The molecular formula is C15H23N3O4. The van der Waals surface area contributed by atoms with Gasteiger partial charge in [-0.1, -0.05) is 0 Å². The number of amides is 1. The SMILES string of the molecule is COc1cc(C(=O)N2CCCC3(CC2)CN(C)CCO3)on1. The molecule has 3 rings (SSSR count). The first kappa shape index (κ1) is 15.3. The highest BCUT2D eigenvalue weighted by Crippen LogP contribution is 2.30. The molecule has 0 aromatic carbocycles. The Morgan fingerprint density at radius 1 is 1.36 bits per heavy atom. The molecule has 122 valence electrons. The maximum atomic E-state index is 12.5. The predicted molar refractivity (Wildman–Crippen MR) is 79.0 cm³/mol. The van der Waals surface area contributed by atoms with Crippen molar-refractivity contribution in [3.63, 3.8) is 0 Å². The van der Waals surface area contributed by atoms with E-state index in [1.807, 2.05) is 4.90 Å². The standard InChI is InChI=1S/C15H23N3O4/c1-17-8-9-21-15(11-17)4-3-6-18(7-5-15)14(19)12-10-13(20-2)16-22-12/h10H,3-9,11H2,1-2H3. The Labute approximate surface area is 130 Å². The van der Waals surface area contributed by atoms with Crippen LogP contribution in [-0.4, -0.2) is 73.4 Å². The summed E-state index contributed by atoms with van der Waals surface area (Å²) in [5, 5.41) is 3.69. The molecule has 0 aliphatic carbocycles. The van der Waals surface area contributed by atoms with Crippen LogP contribution in [0.4, 0.5) is 0 Å². The third kappa shape index (κ3) is 3.10. The first-order valence-corrected chi connectivity index (χ1v) is 7.74. The van der Waals surface area contributed by atoms with Crippen LogP contribution in [0.15, 0.2) is 10.6 Å². The second kappa shape index (κ2) is 6.26. The van der Waals surface area contributed by atoms with Gasteiger partial charge in [0.1, 0.15) is 0 Å². The van der Waals surface area contributed by atoms with Crippen molar-refractivity contribution in [1.82, 2.24) is 15.0 Å². The van der Waals surface area contributed by atoms with E-state index in [-0.39, 0.29) is 17.3 Å². The molecule has 7 heteroatoms. The van der Waals surface area contributed by atoms with Gasteiger partial charge < -0.3 is 23.8 Å². The van der Waals surface area contributed by atoms with Crippen LogP contribution in [0.25, 0.3) is 0 Å². The van der Waals surface area contributed by atoms with Gasteiger partial charge in [0, 0.05) is 26.2 Å². The Kier molecular flexibility index (Phi) is 4.35. The number of ether oxygens (including phenoxy) is 2. The van der Waals surface area contributed by atoms with Crippen molar-refractivity contribution >= 4 is 5.91 Å².